The summed E-state index contributed by atoms with van der Waals surface area (Å²) in [7, 11) is 0. The standard InChI is InChI=1S/C31H34ClN3O3/c1-4-37-30(36)16-24(21-11-13-22(14-12-21)33-18-20-9-10-20)31-34-27-15-25(26(32)17-28(27)35-31)23-7-5-6-8-29(23)38-19(2)3/h5-8,11-15,17,19-20,24,33H,4,9-10,16,18H2,1-3H3,(H,34,35). The van der Waals surface area contributed by atoms with Crippen LogP contribution >= 0.6 is 11.6 Å². The lowest BCUT2D eigenvalue weighted by Gasteiger charge is -2.15. The van der Waals surface area contributed by atoms with Gasteiger partial charge in [0.2, 0.25) is 0 Å². The molecule has 6 nitrogen and oxygen atoms in total. The third-order valence-corrected chi connectivity index (χ3v) is 7.05. The molecule has 38 heavy (non-hydrogen) atoms. The number of benzene rings is 3. The molecule has 198 valence electrons. The zero-order chi connectivity index (χ0) is 26.6. The monoisotopic (exact) mass is 531 g/mol. The molecule has 0 saturated heterocycles. The fourth-order valence-corrected chi connectivity index (χ4v) is 4.91. The summed E-state index contributed by atoms with van der Waals surface area (Å²) in [5.41, 5.74) is 5.43. The van der Waals surface area contributed by atoms with E-state index in [1.165, 1.54) is 12.8 Å². The van der Waals surface area contributed by atoms with E-state index in [0.717, 1.165) is 51.6 Å². The molecule has 7 heteroatoms. The molecular weight excluding hydrogens is 498 g/mol. The lowest BCUT2D eigenvalue weighted by molar-refractivity contribution is -0.143. The van der Waals surface area contributed by atoms with Gasteiger partial charge >= 0.3 is 5.97 Å². The summed E-state index contributed by atoms with van der Waals surface area (Å²) in [5, 5.41) is 4.10. The summed E-state index contributed by atoms with van der Waals surface area (Å²) >= 11 is 6.77. The molecule has 3 aromatic carbocycles. The fourth-order valence-electron chi connectivity index (χ4n) is 4.64. The van der Waals surface area contributed by atoms with Crippen molar-refractivity contribution in [1.82, 2.24) is 9.97 Å². The van der Waals surface area contributed by atoms with Crippen LogP contribution < -0.4 is 10.1 Å². The SMILES string of the molecule is CCOC(=O)CC(c1ccc(NCC2CC2)cc1)c1nc2cc(-c3ccccc3OC(C)C)c(Cl)cc2[nH]1. The highest BCUT2D eigenvalue weighted by Crippen LogP contribution is 2.38. The molecule has 1 atom stereocenters. The quantitative estimate of drug-likeness (QED) is 0.195. The van der Waals surface area contributed by atoms with Gasteiger partial charge < -0.3 is 19.8 Å². The summed E-state index contributed by atoms with van der Waals surface area (Å²) in [6.45, 7) is 7.16. The number of hydrogen-bond donors (Lipinski definition) is 2. The molecule has 0 bridgehead atoms. The first kappa shape index (κ1) is 26.1. The molecule has 5 rings (SSSR count). The lowest BCUT2D eigenvalue weighted by atomic mass is 9.94. The first-order valence-electron chi connectivity index (χ1n) is 13.4. The van der Waals surface area contributed by atoms with Gasteiger partial charge in [0.1, 0.15) is 11.6 Å². The Labute approximate surface area is 228 Å². The predicted molar refractivity (Wildman–Crippen MR) is 153 cm³/mol. The van der Waals surface area contributed by atoms with Crippen molar-refractivity contribution >= 4 is 34.3 Å². The van der Waals surface area contributed by atoms with E-state index in [9.17, 15) is 4.79 Å². The van der Waals surface area contributed by atoms with E-state index in [4.69, 9.17) is 26.1 Å². The topological polar surface area (TPSA) is 76.2 Å². The summed E-state index contributed by atoms with van der Waals surface area (Å²) in [6.07, 6.45) is 2.84. The highest BCUT2D eigenvalue weighted by atomic mass is 35.5. The van der Waals surface area contributed by atoms with E-state index < -0.39 is 0 Å². The van der Waals surface area contributed by atoms with E-state index in [1.54, 1.807) is 0 Å². The Bertz CT molecular complexity index is 1410. The minimum absolute atomic E-state index is 0.0366. The molecule has 1 heterocycles. The third-order valence-electron chi connectivity index (χ3n) is 6.74. The number of nitrogens with zero attached hydrogens (tertiary/aromatic N) is 1. The number of aromatic nitrogens is 2. The van der Waals surface area contributed by atoms with Crippen molar-refractivity contribution in [3.63, 3.8) is 0 Å². The zero-order valence-corrected chi connectivity index (χ0v) is 22.8. The Morgan fingerprint density at radius 1 is 1.11 bits per heavy atom. The van der Waals surface area contributed by atoms with Gasteiger partial charge in [-0.2, -0.15) is 0 Å². The number of carbonyl (C=O) groups is 1. The maximum absolute atomic E-state index is 12.6. The molecule has 1 aromatic heterocycles. The van der Waals surface area contributed by atoms with Crippen molar-refractivity contribution in [3.8, 4) is 16.9 Å². The number of imidazole rings is 1. The van der Waals surface area contributed by atoms with E-state index >= 15 is 0 Å². The number of esters is 1. The van der Waals surface area contributed by atoms with E-state index in [1.807, 2.05) is 57.2 Å². The normalized spacial score (nSPS) is 14.0. The van der Waals surface area contributed by atoms with Gasteiger partial charge in [-0.05, 0) is 75.4 Å². The summed E-state index contributed by atoms with van der Waals surface area (Å²) in [5.74, 6) is 1.73. The largest absolute Gasteiger partial charge is 0.490 e. The molecule has 1 aliphatic carbocycles. The van der Waals surface area contributed by atoms with Crippen molar-refractivity contribution in [1.29, 1.82) is 0 Å². The predicted octanol–water partition coefficient (Wildman–Crippen LogP) is 7.58. The number of carbonyl (C=O) groups excluding carboxylic acids is 1. The minimum Gasteiger partial charge on any atom is -0.490 e. The molecule has 1 saturated carbocycles. The second-order valence-electron chi connectivity index (χ2n) is 10.1. The summed E-state index contributed by atoms with van der Waals surface area (Å²) < 4.78 is 11.3. The van der Waals surface area contributed by atoms with Crippen LogP contribution in [0.4, 0.5) is 5.69 Å². The first-order chi connectivity index (χ1) is 18.4. The van der Waals surface area contributed by atoms with Gasteiger partial charge in [0.15, 0.2) is 0 Å². The number of rotatable bonds is 11. The van der Waals surface area contributed by atoms with Crippen molar-refractivity contribution in [3.05, 3.63) is 77.1 Å². The van der Waals surface area contributed by atoms with Crippen LogP contribution in [0, 0.1) is 5.92 Å². The molecular formula is C31H34ClN3O3. The van der Waals surface area contributed by atoms with Crippen LogP contribution in [0.2, 0.25) is 5.02 Å². The van der Waals surface area contributed by atoms with Gasteiger partial charge in [0.25, 0.3) is 0 Å². The van der Waals surface area contributed by atoms with E-state index in [0.29, 0.717) is 17.5 Å². The Morgan fingerprint density at radius 2 is 1.87 bits per heavy atom. The van der Waals surface area contributed by atoms with Crippen LogP contribution in [-0.4, -0.2) is 35.2 Å². The number of anilines is 1. The maximum atomic E-state index is 12.6. The number of H-pyrrole nitrogens is 1. The van der Waals surface area contributed by atoms with Gasteiger partial charge in [-0.3, -0.25) is 4.79 Å². The van der Waals surface area contributed by atoms with Crippen LogP contribution in [0.15, 0.2) is 60.7 Å². The number of aromatic amines is 1. The molecule has 1 unspecified atom stereocenters. The molecule has 0 aliphatic heterocycles. The van der Waals surface area contributed by atoms with E-state index in [-0.39, 0.29) is 24.4 Å². The van der Waals surface area contributed by atoms with Crippen molar-refractivity contribution in [2.75, 3.05) is 18.5 Å². The highest BCUT2D eigenvalue weighted by Gasteiger charge is 2.24. The maximum Gasteiger partial charge on any atom is 0.306 e. The fraction of sp³-hybridized carbons (Fsp3) is 0.355. The van der Waals surface area contributed by atoms with E-state index in [2.05, 4.69) is 34.6 Å². The number of para-hydroxylation sites is 1. The minimum atomic E-state index is -0.280. The van der Waals surface area contributed by atoms with Crippen LogP contribution in [0.5, 0.6) is 5.75 Å². The number of halogens is 1. The number of nitrogens with one attached hydrogen (secondary N) is 2. The second kappa shape index (κ2) is 11.5. The Kier molecular flexibility index (Phi) is 7.89. The molecule has 1 aliphatic rings. The lowest BCUT2D eigenvalue weighted by Crippen LogP contribution is -2.13. The van der Waals surface area contributed by atoms with Gasteiger partial charge in [-0.25, -0.2) is 4.98 Å². The number of ether oxygens (including phenoxy) is 2. The van der Waals surface area contributed by atoms with Crippen molar-refractivity contribution < 1.29 is 14.3 Å². The number of fused-ring (bicyclic) bond motifs is 1. The van der Waals surface area contributed by atoms with Crippen LogP contribution in [0.25, 0.3) is 22.2 Å². The molecule has 0 radical (unpaired) electrons. The first-order valence-corrected chi connectivity index (χ1v) is 13.7. The van der Waals surface area contributed by atoms with Gasteiger partial charge in [-0.15, -0.1) is 0 Å². The average Bonchev–Trinajstić information content (AvgIpc) is 3.64. The zero-order valence-electron chi connectivity index (χ0n) is 22.1. The molecule has 0 spiro atoms. The Hall–Kier alpha value is -3.51. The number of hydrogen-bond acceptors (Lipinski definition) is 5. The third kappa shape index (κ3) is 6.13. The molecule has 0 amide bonds. The molecule has 4 aromatic rings. The average molecular weight is 532 g/mol. The van der Waals surface area contributed by atoms with Gasteiger partial charge in [0.05, 0.1) is 41.1 Å². The van der Waals surface area contributed by atoms with Crippen molar-refractivity contribution in [2.24, 2.45) is 5.92 Å². The van der Waals surface area contributed by atoms with Gasteiger partial charge in [-0.1, -0.05) is 41.9 Å². The molecule has 1 fully saturated rings. The summed E-state index contributed by atoms with van der Waals surface area (Å²) in [6, 6.07) is 20.0. The smallest absolute Gasteiger partial charge is 0.306 e. The Balaban J connectivity index is 1.49. The Morgan fingerprint density at radius 3 is 2.58 bits per heavy atom. The van der Waals surface area contributed by atoms with Crippen LogP contribution in [-0.2, 0) is 9.53 Å². The summed E-state index contributed by atoms with van der Waals surface area (Å²) in [4.78, 5) is 20.9. The van der Waals surface area contributed by atoms with Crippen LogP contribution in [0.3, 0.4) is 0 Å². The van der Waals surface area contributed by atoms with Gasteiger partial charge in [0, 0.05) is 23.4 Å². The molecule has 2 N–H and O–H groups in total. The second-order valence-corrected chi connectivity index (χ2v) is 10.5. The highest BCUT2D eigenvalue weighted by molar-refractivity contribution is 6.34. The van der Waals surface area contributed by atoms with Crippen molar-refractivity contribution in [2.45, 2.75) is 52.1 Å². The van der Waals surface area contributed by atoms with Crippen LogP contribution in [0.1, 0.15) is 57.3 Å².